The van der Waals surface area contributed by atoms with Gasteiger partial charge in [0.05, 0.1) is 11.0 Å². The molecule has 0 aliphatic heterocycles. The summed E-state index contributed by atoms with van der Waals surface area (Å²) in [6.45, 7) is 8.78. The van der Waals surface area contributed by atoms with Gasteiger partial charge in [-0.2, -0.15) is 4.52 Å². The SMILES string of the molecule is CCOCc1nc2c(c3cc(OCc4ccccc4)ccc3n3nnnc23)n1CC(C)C. The number of rotatable bonds is 8. The molecule has 0 aliphatic carbocycles. The monoisotopic (exact) mass is 430 g/mol. The summed E-state index contributed by atoms with van der Waals surface area (Å²) in [5, 5.41) is 13.4. The molecule has 0 fully saturated rings. The smallest absolute Gasteiger partial charge is 0.207 e. The highest BCUT2D eigenvalue weighted by molar-refractivity contribution is 6.08. The number of fused-ring (bicyclic) bond motifs is 6. The molecule has 164 valence electrons. The van der Waals surface area contributed by atoms with E-state index in [9.17, 15) is 0 Å². The fraction of sp³-hybridized carbons (Fsp3) is 0.333. The van der Waals surface area contributed by atoms with Crippen molar-refractivity contribution in [2.75, 3.05) is 6.61 Å². The van der Waals surface area contributed by atoms with Crippen molar-refractivity contribution in [2.24, 2.45) is 5.92 Å². The van der Waals surface area contributed by atoms with E-state index in [0.29, 0.717) is 31.4 Å². The van der Waals surface area contributed by atoms with E-state index < -0.39 is 0 Å². The van der Waals surface area contributed by atoms with Crippen molar-refractivity contribution in [3.05, 3.63) is 59.9 Å². The Balaban J connectivity index is 1.69. The molecule has 5 aromatic rings. The van der Waals surface area contributed by atoms with Gasteiger partial charge in [-0.1, -0.05) is 44.2 Å². The minimum atomic E-state index is 0.438. The number of aromatic nitrogens is 6. The van der Waals surface area contributed by atoms with Crippen LogP contribution in [0.5, 0.6) is 5.75 Å². The molecule has 0 aliphatic rings. The predicted octanol–water partition coefficient (Wildman–Crippen LogP) is 4.40. The number of hydrogen-bond donors (Lipinski definition) is 0. The number of imidazole rings is 1. The zero-order valence-electron chi connectivity index (χ0n) is 18.5. The summed E-state index contributed by atoms with van der Waals surface area (Å²) < 4.78 is 15.8. The van der Waals surface area contributed by atoms with Crippen LogP contribution < -0.4 is 4.74 Å². The Morgan fingerprint density at radius 3 is 2.66 bits per heavy atom. The highest BCUT2D eigenvalue weighted by Gasteiger charge is 2.21. The molecule has 0 atom stereocenters. The van der Waals surface area contributed by atoms with Gasteiger partial charge in [0.15, 0.2) is 0 Å². The first-order chi connectivity index (χ1) is 15.7. The summed E-state index contributed by atoms with van der Waals surface area (Å²) in [7, 11) is 0. The first kappa shape index (κ1) is 20.4. The third-order valence-corrected chi connectivity index (χ3v) is 5.41. The van der Waals surface area contributed by atoms with Crippen LogP contribution in [0.25, 0.3) is 27.6 Å². The van der Waals surface area contributed by atoms with Gasteiger partial charge in [-0.3, -0.25) is 0 Å². The predicted molar refractivity (Wildman–Crippen MR) is 123 cm³/mol. The van der Waals surface area contributed by atoms with E-state index in [1.807, 2.05) is 37.3 Å². The van der Waals surface area contributed by atoms with E-state index in [1.54, 1.807) is 4.52 Å². The van der Waals surface area contributed by atoms with Crippen LogP contribution >= 0.6 is 0 Å². The largest absolute Gasteiger partial charge is 0.489 e. The fourth-order valence-electron chi connectivity index (χ4n) is 4.01. The lowest BCUT2D eigenvalue weighted by molar-refractivity contribution is 0.125. The first-order valence-corrected chi connectivity index (χ1v) is 10.9. The standard InChI is InChI=1S/C24H26N6O2/c1-4-31-15-21-25-22-23(29(21)13-16(2)3)19-12-18(32-14-17-8-6-5-7-9-17)10-11-20(19)30-24(22)26-27-28-30/h5-12,16H,4,13-15H2,1-3H3. The summed E-state index contributed by atoms with van der Waals surface area (Å²) in [5.41, 5.74) is 4.47. The van der Waals surface area contributed by atoms with Crippen molar-refractivity contribution in [3.8, 4) is 5.75 Å². The van der Waals surface area contributed by atoms with Crippen LogP contribution in [0.3, 0.4) is 0 Å². The average molecular weight is 431 g/mol. The van der Waals surface area contributed by atoms with E-state index in [2.05, 4.69) is 52.1 Å². The van der Waals surface area contributed by atoms with E-state index in [1.165, 1.54) is 0 Å². The van der Waals surface area contributed by atoms with Crippen molar-refractivity contribution >= 4 is 27.6 Å². The average Bonchev–Trinajstić information content (AvgIpc) is 3.42. The van der Waals surface area contributed by atoms with Crippen molar-refractivity contribution in [1.82, 2.24) is 29.6 Å². The molecule has 3 heterocycles. The Bertz CT molecular complexity index is 1370. The second kappa shape index (κ2) is 8.55. The van der Waals surface area contributed by atoms with Crippen molar-refractivity contribution in [1.29, 1.82) is 0 Å². The lowest BCUT2D eigenvalue weighted by atomic mass is 10.1. The summed E-state index contributed by atoms with van der Waals surface area (Å²) in [4.78, 5) is 4.91. The maximum atomic E-state index is 6.12. The molecule has 0 bridgehead atoms. The van der Waals surface area contributed by atoms with Crippen molar-refractivity contribution in [3.63, 3.8) is 0 Å². The van der Waals surface area contributed by atoms with Gasteiger partial charge in [0, 0.05) is 18.5 Å². The van der Waals surface area contributed by atoms with Crippen LogP contribution in [-0.2, 0) is 24.5 Å². The van der Waals surface area contributed by atoms with Crippen molar-refractivity contribution < 1.29 is 9.47 Å². The number of pyridine rings is 1. The lowest BCUT2D eigenvalue weighted by Gasteiger charge is -2.14. The van der Waals surface area contributed by atoms with Gasteiger partial charge in [-0.25, -0.2) is 4.98 Å². The molecule has 0 radical (unpaired) electrons. The van der Waals surface area contributed by atoms with Gasteiger partial charge < -0.3 is 14.0 Å². The van der Waals surface area contributed by atoms with E-state index in [-0.39, 0.29) is 0 Å². The molecule has 2 aromatic carbocycles. The van der Waals surface area contributed by atoms with Gasteiger partial charge in [0.1, 0.15) is 30.3 Å². The summed E-state index contributed by atoms with van der Waals surface area (Å²) in [6.07, 6.45) is 0. The van der Waals surface area contributed by atoms with Gasteiger partial charge in [0.25, 0.3) is 0 Å². The maximum Gasteiger partial charge on any atom is 0.207 e. The molecule has 0 unspecified atom stereocenters. The Morgan fingerprint density at radius 1 is 1.03 bits per heavy atom. The van der Waals surface area contributed by atoms with Crippen LogP contribution in [0.4, 0.5) is 0 Å². The minimum Gasteiger partial charge on any atom is -0.489 e. The topological polar surface area (TPSA) is 79.4 Å². The van der Waals surface area contributed by atoms with Crippen LogP contribution in [0, 0.1) is 5.92 Å². The molecule has 5 rings (SSSR count). The van der Waals surface area contributed by atoms with E-state index in [4.69, 9.17) is 14.5 Å². The van der Waals surface area contributed by atoms with Crippen LogP contribution in [-0.4, -0.2) is 36.2 Å². The Hall–Kier alpha value is -3.52. The van der Waals surface area contributed by atoms with Crippen LogP contribution in [0.15, 0.2) is 48.5 Å². The highest BCUT2D eigenvalue weighted by atomic mass is 16.5. The Labute approximate surface area is 185 Å². The molecule has 0 saturated carbocycles. The van der Waals surface area contributed by atoms with Crippen LogP contribution in [0.2, 0.25) is 0 Å². The number of nitrogens with zero attached hydrogens (tertiary/aromatic N) is 6. The normalized spacial score (nSPS) is 11.9. The summed E-state index contributed by atoms with van der Waals surface area (Å²) in [6, 6.07) is 16.2. The number of tetrazole rings is 1. The van der Waals surface area contributed by atoms with E-state index in [0.717, 1.165) is 45.6 Å². The zero-order chi connectivity index (χ0) is 22.1. The van der Waals surface area contributed by atoms with Gasteiger partial charge in [0.2, 0.25) is 5.65 Å². The molecular weight excluding hydrogens is 404 g/mol. The molecule has 8 heteroatoms. The fourth-order valence-corrected chi connectivity index (χ4v) is 4.01. The number of ether oxygens (including phenoxy) is 2. The molecule has 0 N–H and O–H groups in total. The minimum absolute atomic E-state index is 0.438. The molecule has 8 nitrogen and oxygen atoms in total. The number of hydrogen-bond acceptors (Lipinski definition) is 6. The Morgan fingerprint density at radius 2 is 1.88 bits per heavy atom. The third-order valence-electron chi connectivity index (χ3n) is 5.41. The second-order valence-corrected chi connectivity index (χ2v) is 8.23. The first-order valence-electron chi connectivity index (χ1n) is 10.9. The zero-order valence-corrected chi connectivity index (χ0v) is 18.5. The maximum absolute atomic E-state index is 6.12. The van der Waals surface area contributed by atoms with E-state index >= 15 is 0 Å². The molecule has 0 saturated heterocycles. The molecular formula is C24H26N6O2. The van der Waals surface area contributed by atoms with Gasteiger partial charge >= 0.3 is 0 Å². The molecule has 0 spiro atoms. The summed E-state index contributed by atoms with van der Waals surface area (Å²) in [5.74, 6) is 2.11. The quantitative estimate of drug-likeness (QED) is 0.363. The summed E-state index contributed by atoms with van der Waals surface area (Å²) >= 11 is 0. The van der Waals surface area contributed by atoms with Crippen LogP contribution in [0.1, 0.15) is 32.2 Å². The molecule has 32 heavy (non-hydrogen) atoms. The molecule has 0 amide bonds. The highest BCUT2D eigenvalue weighted by Crippen LogP contribution is 2.32. The van der Waals surface area contributed by atoms with Crippen molar-refractivity contribution in [2.45, 2.75) is 40.5 Å². The third kappa shape index (κ3) is 3.67. The van der Waals surface area contributed by atoms with Gasteiger partial charge in [-0.05, 0) is 47.0 Å². The number of benzene rings is 2. The van der Waals surface area contributed by atoms with Gasteiger partial charge in [-0.15, -0.1) is 5.10 Å². The lowest BCUT2D eigenvalue weighted by Crippen LogP contribution is -2.10. The molecule has 3 aromatic heterocycles. The second-order valence-electron chi connectivity index (χ2n) is 8.23. The Kier molecular flexibility index (Phi) is 5.45.